The number of β-amino-alcohol motifs (C(OH)–C–C–N with tert-alkyl or cyclic N) is 1. The van der Waals surface area contributed by atoms with E-state index in [2.05, 4.69) is 41.8 Å². The van der Waals surface area contributed by atoms with Crippen molar-refractivity contribution in [2.24, 2.45) is 5.41 Å². The number of aliphatic hydroxyl groups excluding tert-OH is 1. The number of carbonyl (C=O) groups excluding carboxylic acids is 3. The summed E-state index contributed by atoms with van der Waals surface area (Å²) in [5, 5.41) is 31.1. The first-order valence-electron chi connectivity index (χ1n) is 27.0. The Labute approximate surface area is 470 Å². The van der Waals surface area contributed by atoms with E-state index in [4.69, 9.17) is 31.8 Å². The first-order valence-corrected chi connectivity index (χ1v) is 29.1. The highest BCUT2D eigenvalue weighted by Gasteiger charge is 2.45. The fourth-order valence-electron chi connectivity index (χ4n) is 11.6. The number of thiazole rings is 1. The summed E-state index contributed by atoms with van der Waals surface area (Å²) in [5.74, 6) is -2.00. The van der Waals surface area contributed by atoms with Gasteiger partial charge in [0, 0.05) is 80.1 Å². The fraction of sp³-hybridized carbons (Fsp3) is 0.491. The number of rotatable bonds is 18. The lowest BCUT2D eigenvalue weighted by Crippen LogP contribution is -2.58. The van der Waals surface area contributed by atoms with Gasteiger partial charge in [0.1, 0.15) is 46.9 Å². The van der Waals surface area contributed by atoms with Crippen molar-refractivity contribution >= 4 is 83.8 Å². The van der Waals surface area contributed by atoms with Crippen LogP contribution in [-0.2, 0) is 19.1 Å². The Hall–Kier alpha value is -6.12. The minimum atomic E-state index is -0.966. The van der Waals surface area contributed by atoms with Crippen molar-refractivity contribution in [1.82, 2.24) is 40.7 Å². The molecule has 3 amide bonds. The molecule has 17 nitrogen and oxygen atoms in total. The van der Waals surface area contributed by atoms with E-state index in [9.17, 15) is 24.8 Å². The van der Waals surface area contributed by atoms with E-state index in [1.54, 1.807) is 17.4 Å². The Bertz CT molecular complexity index is 3300. The molecule has 3 aromatic heterocycles. The summed E-state index contributed by atoms with van der Waals surface area (Å²) in [6, 6.07) is 12.5. The zero-order valence-electron chi connectivity index (χ0n) is 44.9. The van der Waals surface area contributed by atoms with E-state index < -0.39 is 41.1 Å². The summed E-state index contributed by atoms with van der Waals surface area (Å²) >= 11 is 9.44. The third kappa shape index (κ3) is 11.9. The SMILES string of the molecule is Cc1ncsc1-c1ccc([C@H](C)NC(=O)[C@@H]2C[C@@H](O)CN2C(=O)[C@@H](NC(=O)CCOCCCN2CCCC2COc2nc(N3CC4CCC(C3)N4)c3cc(Cl)c(-c4ccc(F)c5sc(N)c(C#N)c45)c(F)c3n2)C(C)(C)C)cc1. The Kier molecular flexibility index (Phi) is 16.7. The molecule has 3 unspecified atom stereocenters. The number of nitrogens with two attached hydrogens (primary N) is 1. The van der Waals surface area contributed by atoms with Crippen LogP contribution in [0.4, 0.5) is 19.6 Å². The summed E-state index contributed by atoms with van der Waals surface area (Å²) in [5.41, 5.74) is 10.4. The lowest BCUT2D eigenvalue weighted by Gasteiger charge is -2.35. The van der Waals surface area contributed by atoms with Crippen molar-refractivity contribution in [2.75, 3.05) is 63.2 Å². The van der Waals surface area contributed by atoms with Crippen LogP contribution in [0.15, 0.2) is 48.0 Å². The molecule has 2 bridgehead atoms. The number of nitrogen functional groups attached to an aromatic ring is 1. The number of hydrogen-bond acceptors (Lipinski definition) is 16. The molecule has 6 N–H and O–H groups in total. The van der Waals surface area contributed by atoms with Crippen molar-refractivity contribution in [3.05, 3.63) is 81.5 Å². The van der Waals surface area contributed by atoms with Crippen LogP contribution in [0.1, 0.15) is 95.5 Å². The molecule has 0 aliphatic carbocycles. The lowest BCUT2D eigenvalue weighted by molar-refractivity contribution is -0.144. The van der Waals surface area contributed by atoms with Crippen molar-refractivity contribution < 1.29 is 37.7 Å². The van der Waals surface area contributed by atoms with Gasteiger partial charge >= 0.3 is 6.01 Å². The Morgan fingerprint density at radius 3 is 2.52 bits per heavy atom. The van der Waals surface area contributed by atoms with Crippen LogP contribution < -0.4 is 31.3 Å². The number of carbonyl (C=O) groups is 3. The number of hydrogen-bond donors (Lipinski definition) is 5. The summed E-state index contributed by atoms with van der Waals surface area (Å²) in [4.78, 5) is 62.3. The number of nitrogens with zero attached hydrogens (tertiary/aromatic N) is 7. The number of benzene rings is 3. The Morgan fingerprint density at radius 2 is 1.81 bits per heavy atom. The number of thiophene rings is 1. The topological polar surface area (TPSA) is 224 Å². The normalized spacial score (nSPS) is 21.2. The second-order valence-corrected chi connectivity index (χ2v) is 24.6. The van der Waals surface area contributed by atoms with Crippen LogP contribution in [0.3, 0.4) is 0 Å². The first kappa shape index (κ1) is 56.2. The van der Waals surface area contributed by atoms with Gasteiger partial charge in [0.2, 0.25) is 17.7 Å². The zero-order valence-corrected chi connectivity index (χ0v) is 47.3. The summed E-state index contributed by atoms with van der Waals surface area (Å²) in [6.07, 6.45) is 3.71. The molecular weight excluding hydrogens is 1070 g/mol. The highest BCUT2D eigenvalue weighted by Crippen LogP contribution is 2.46. The lowest BCUT2D eigenvalue weighted by atomic mass is 9.85. The van der Waals surface area contributed by atoms with E-state index in [-0.39, 0.29) is 117 Å². The first-order chi connectivity index (χ1) is 37.9. The third-order valence-corrected chi connectivity index (χ3v) is 18.0. The number of aryl methyl sites for hydroxylation is 1. The van der Waals surface area contributed by atoms with Crippen LogP contribution in [0.2, 0.25) is 5.02 Å². The van der Waals surface area contributed by atoms with Gasteiger partial charge in [-0.05, 0) is 86.7 Å². The van der Waals surface area contributed by atoms with Crippen LogP contribution in [0, 0.1) is 35.3 Å². The largest absolute Gasteiger partial charge is 0.462 e. The van der Waals surface area contributed by atoms with Crippen LogP contribution in [0.25, 0.3) is 42.6 Å². The number of likely N-dealkylation sites (tertiary alicyclic amines) is 2. The summed E-state index contributed by atoms with van der Waals surface area (Å²) in [7, 11) is 0. The number of nitrogens with one attached hydrogen (secondary N) is 3. The quantitative estimate of drug-likeness (QED) is 0.0511. The number of nitriles is 1. The number of piperazine rings is 1. The van der Waals surface area contributed by atoms with Gasteiger partial charge in [0.05, 0.1) is 50.1 Å². The maximum Gasteiger partial charge on any atom is 0.319 e. The molecule has 4 aliphatic rings. The maximum absolute atomic E-state index is 17.3. The molecule has 10 rings (SSSR count). The highest BCUT2D eigenvalue weighted by atomic mass is 35.5. The average molecular weight is 1140 g/mol. The highest BCUT2D eigenvalue weighted by molar-refractivity contribution is 7.23. The Morgan fingerprint density at radius 1 is 1.05 bits per heavy atom. The molecule has 0 radical (unpaired) electrons. The number of halogens is 3. The predicted octanol–water partition coefficient (Wildman–Crippen LogP) is 8.28. The number of ether oxygens (including phenoxy) is 2. The smallest absolute Gasteiger partial charge is 0.319 e. The zero-order chi connectivity index (χ0) is 55.9. The van der Waals surface area contributed by atoms with Crippen LogP contribution in [-0.4, -0.2) is 136 Å². The van der Waals surface area contributed by atoms with Gasteiger partial charge in [-0.2, -0.15) is 15.2 Å². The predicted molar refractivity (Wildman–Crippen MR) is 303 cm³/mol. The molecular formula is C57H66ClF2N11O6S2. The van der Waals surface area contributed by atoms with E-state index in [0.717, 1.165) is 65.3 Å². The minimum absolute atomic E-state index is 0.00853. The number of anilines is 2. The monoisotopic (exact) mass is 1140 g/mol. The maximum atomic E-state index is 17.3. The fourth-order valence-corrected chi connectivity index (χ4v) is 13.7. The standard InChI is InChI=1S/C57H66ClF2N11O6S2/c1-30(32-9-11-33(12-10-32)49-31(2)63-29-78-49)64-54(74)43-22-37(72)27-71(43)55(75)51(57(3,4)5)66-44(73)17-21-76-20-7-19-69-18-6-8-36(69)28-77-56-67-48-39(53(68-56)70-25-34-13-14-35(26-70)65-34)23-41(58)46(47(48)60)38-15-16-42(59)50-45(38)40(24-61)52(62)79-50/h9-12,15-16,23,29-30,34-37,43,51,65,72H,6-8,13-14,17-22,25-28,62H2,1-5H3,(H,64,74)(H,66,73)/t30-,34?,35?,36?,37+,43-,51+/m0/s1. The Balaban J connectivity index is 0.736. The van der Waals surface area contributed by atoms with Gasteiger partial charge in [-0.1, -0.05) is 62.7 Å². The number of fused-ring (bicyclic) bond motifs is 4. The number of aliphatic hydroxyl groups is 1. The molecule has 79 heavy (non-hydrogen) atoms. The second kappa shape index (κ2) is 23.5. The van der Waals surface area contributed by atoms with Crippen LogP contribution >= 0.6 is 34.3 Å². The van der Waals surface area contributed by atoms with Gasteiger partial charge in [-0.25, -0.2) is 13.8 Å². The van der Waals surface area contributed by atoms with Crippen molar-refractivity contribution in [2.45, 2.75) is 122 Å². The minimum Gasteiger partial charge on any atom is -0.462 e. The van der Waals surface area contributed by atoms with E-state index in [1.807, 2.05) is 64.4 Å². The molecule has 3 aromatic carbocycles. The molecule has 22 heteroatoms. The summed E-state index contributed by atoms with van der Waals surface area (Å²) < 4.78 is 44.8. The summed E-state index contributed by atoms with van der Waals surface area (Å²) in [6.45, 7) is 13.0. The second-order valence-electron chi connectivity index (χ2n) is 22.3. The van der Waals surface area contributed by atoms with Gasteiger partial charge in [0.25, 0.3) is 0 Å². The van der Waals surface area contributed by atoms with Gasteiger partial charge < -0.3 is 46.1 Å². The van der Waals surface area contributed by atoms with Crippen LogP contribution in [0.5, 0.6) is 6.01 Å². The molecule has 7 atom stereocenters. The van der Waals surface area contributed by atoms with E-state index >= 15 is 8.78 Å². The molecule has 7 heterocycles. The van der Waals surface area contributed by atoms with Gasteiger partial charge in [-0.15, -0.1) is 22.7 Å². The van der Waals surface area contributed by atoms with Crippen molar-refractivity contribution in [3.8, 4) is 33.6 Å². The molecule has 6 aromatic rings. The average Bonchev–Trinajstić information content (AvgIpc) is 4.49. The number of aromatic nitrogens is 3. The molecule has 4 aliphatic heterocycles. The molecule has 4 saturated heterocycles. The molecule has 4 fully saturated rings. The molecule has 0 spiro atoms. The van der Waals surface area contributed by atoms with Crippen molar-refractivity contribution in [3.63, 3.8) is 0 Å². The van der Waals surface area contributed by atoms with Crippen molar-refractivity contribution in [1.29, 1.82) is 5.26 Å². The third-order valence-electron chi connectivity index (χ3n) is 15.7. The molecule has 0 saturated carbocycles. The number of amides is 3. The molecule has 418 valence electrons. The van der Waals surface area contributed by atoms with E-state index in [0.29, 0.717) is 43.9 Å². The van der Waals surface area contributed by atoms with Gasteiger partial charge in [-0.3, -0.25) is 19.3 Å². The van der Waals surface area contributed by atoms with E-state index in [1.165, 1.54) is 17.0 Å². The van der Waals surface area contributed by atoms with Gasteiger partial charge in [0.15, 0.2) is 5.82 Å².